The molecule has 20 heavy (non-hydrogen) atoms. The van der Waals surface area contributed by atoms with Gasteiger partial charge >= 0.3 is 0 Å². The Labute approximate surface area is 127 Å². The SMILES string of the molecule is COc1cc(CCl)cc(Cl)c1OCc1ccccc1F. The van der Waals surface area contributed by atoms with E-state index in [2.05, 4.69) is 0 Å². The molecule has 0 saturated carbocycles. The molecular formula is C15H13Cl2FO2. The third kappa shape index (κ3) is 3.35. The Morgan fingerprint density at radius 2 is 1.95 bits per heavy atom. The highest BCUT2D eigenvalue weighted by Crippen LogP contribution is 2.37. The van der Waals surface area contributed by atoms with Gasteiger partial charge in [-0.05, 0) is 23.8 Å². The number of benzene rings is 2. The van der Waals surface area contributed by atoms with Crippen LogP contribution >= 0.6 is 23.2 Å². The van der Waals surface area contributed by atoms with Crippen LogP contribution in [0.4, 0.5) is 4.39 Å². The lowest BCUT2D eigenvalue weighted by atomic mass is 10.2. The van der Waals surface area contributed by atoms with Gasteiger partial charge in [0.25, 0.3) is 0 Å². The second-order valence-electron chi connectivity index (χ2n) is 4.12. The van der Waals surface area contributed by atoms with E-state index >= 15 is 0 Å². The van der Waals surface area contributed by atoms with Crippen molar-refractivity contribution in [3.63, 3.8) is 0 Å². The summed E-state index contributed by atoms with van der Waals surface area (Å²) < 4.78 is 24.3. The third-order valence-corrected chi connectivity index (χ3v) is 3.36. The van der Waals surface area contributed by atoms with Crippen LogP contribution in [0.5, 0.6) is 11.5 Å². The Kier molecular flexibility index (Phi) is 5.10. The van der Waals surface area contributed by atoms with E-state index in [1.165, 1.54) is 13.2 Å². The summed E-state index contributed by atoms with van der Waals surface area (Å²) in [7, 11) is 1.51. The average molecular weight is 315 g/mol. The standard InChI is InChI=1S/C15H13Cl2FO2/c1-19-14-7-10(8-16)6-12(17)15(14)20-9-11-4-2-3-5-13(11)18/h2-7H,8-9H2,1H3. The van der Waals surface area contributed by atoms with Gasteiger partial charge < -0.3 is 9.47 Å². The molecule has 2 nitrogen and oxygen atoms in total. The Balaban J connectivity index is 2.23. The highest BCUT2D eigenvalue weighted by Gasteiger charge is 2.13. The first-order chi connectivity index (χ1) is 9.65. The van der Waals surface area contributed by atoms with Gasteiger partial charge in [-0.1, -0.05) is 29.8 Å². The summed E-state index contributed by atoms with van der Waals surface area (Å²) in [5.74, 6) is 0.861. The number of methoxy groups -OCH3 is 1. The lowest BCUT2D eigenvalue weighted by Gasteiger charge is -2.14. The zero-order chi connectivity index (χ0) is 14.5. The van der Waals surface area contributed by atoms with Crippen molar-refractivity contribution in [2.75, 3.05) is 7.11 Å². The fourth-order valence-electron chi connectivity index (χ4n) is 1.76. The largest absolute Gasteiger partial charge is 0.493 e. The zero-order valence-corrected chi connectivity index (χ0v) is 12.3. The number of ether oxygens (including phenoxy) is 2. The van der Waals surface area contributed by atoms with Crippen molar-refractivity contribution in [3.8, 4) is 11.5 Å². The molecule has 0 radical (unpaired) electrons. The van der Waals surface area contributed by atoms with E-state index in [1.807, 2.05) is 0 Å². The van der Waals surface area contributed by atoms with E-state index in [1.54, 1.807) is 30.3 Å². The lowest BCUT2D eigenvalue weighted by Crippen LogP contribution is -2.01. The molecule has 2 aromatic rings. The van der Waals surface area contributed by atoms with Crippen LogP contribution in [0, 0.1) is 5.82 Å². The molecule has 2 rings (SSSR count). The van der Waals surface area contributed by atoms with Gasteiger partial charge in [-0.25, -0.2) is 4.39 Å². The van der Waals surface area contributed by atoms with Gasteiger partial charge in [-0.2, -0.15) is 0 Å². The number of halogens is 3. The van der Waals surface area contributed by atoms with Crippen LogP contribution in [-0.4, -0.2) is 7.11 Å². The molecule has 0 N–H and O–H groups in total. The van der Waals surface area contributed by atoms with Crippen molar-refractivity contribution in [3.05, 3.63) is 58.4 Å². The maximum Gasteiger partial charge on any atom is 0.180 e. The molecule has 0 aliphatic heterocycles. The van der Waals surface area contributed by atoms with Crippen molar-refractivity contribution in [1.82, 2.24) is 0 Å². The molecule has 0 amide bonds. The summed E-state index contributed by atoms with van der Waals surface area (Å²) in [4.78, 5) is 0. The Morgan fingerprint density at radius 3 is 2.60 bits per heavy atom. The predicted octanol–water partition coefficient (Wildman–Crippen LogP) is 4.81. The Hall–Kier alpha value is -1.45. The molecule has 0 bridgehead atoms. The zero-order valence-electron chi connectivity index (χ0n) is 10.8. The van der Waals surface area contributed by atoms with E-state index in [-0.39, 0.29) is 12.4 Å². The van der Waals surface area contributed by atoms with Gasteiger partial charge in [0.15, 0.2) is 11.5 Å². The van der Waals surface area contributed by atoms with Crippen LogP contribution < -0.4 is 9.47 Å². The monoisotopic (exact) mass is 314 g/mol. The van der Waals surface area contributed by atoms with Crippen molar-refractivity contribution >= 4 is 23.2 Å². The first-order valence-corrected chi connectivity index (χ1v) is 6.85. The molecule has 0 aliphatic carbocycles. The molecule has 5 heteroatoms. The van der Waals surface area contributed by atoms with Crippen LogP contribution in [0.15, 0.2) is 36.4 Å². The molecule has 0 aliphatic rings. The molecular weight excluding hydrogens is 302 g/mol. The molecule has 0 fully saturated rings. The van der Waals surface area contributed by atoms with Crippen LogP contribution in [-0.2, 0) is 12.5 Å². The van der Waals surface area contributed by atoms with Crippen LogP contribution in [0.3, 0.4) is 0 Å². The second-order valence-corrected chi connectivity index (χ2v) is 4.80. The van der Waals surface area contributed by atoms with Crippen molar-refractivity contribution in [1.29, 1.82) is 0 Å². The summed E-state index contributed by atoms with van der Waals surface area (Å²) in [5.41, 5.74) is 1.28. The summed E-state index contributed by atoms with van der Waals surface area (Å²) in [6.45, 7) is 0.0724. The van der Waals surface area contributed by atoms with Gasteiger partial charge in [0.2, 0.25) is 0 Å². The summed E-state index contributed by atoms with van der Waals surface area (Å²) in [6, 6.07) is 9.86. The van der Waals surface area contributed by atoms with Gasteiger partial charge in [0.1, 0.15) is 12.4 Å². The van der Waals surface area contributed by atoms with Crippen LogP contribution in [0.25, 0.3) is 0 Å². The third-order valence-electron chi connectivity index (χ3n) is 2.77. The smallest absolute Gasteiger partial charge is 0.180 e. The molecule has 2 aromatic carbocycles. The Bertz CT molecular complexity index is 602. The van der Waals surface area contributed by atoms with E-state index in [0.717, 1.165) is 5.56 Å². The fraction of sp³-hybridized carbons (Fsp3) is 0.200. The molecule has 0 saturated heterocycles. The maximum absolute atomic E-state index is 13.5. The first kappa shape index (κ1) is 14.9. The molecule has 0 aromatic heterocycles. The van der Waals surface area contributed by atoms with E-state index < -0.39 is 0 Å². The van der Waals surface area contributed by atoms with Crippen molar-refractivity contribution < 1.29 is 13.9 Å². The normalized spacial score (nSPS) is 10.4. The average Bonchev–Trinajstić information content (AvgIpc) is 2.46. The highest BCUT2D eigenvalue weighted by molar-refractivity contribution is 6.32. The van der Waals surface area contributed by atoms with Crippen molar-refractivity contribution in [2.24, 2.45) is 0 Å². The number of rotatable bonds is 5. The van der Waals surface area contributed by atoms with Gasteiger partial charge in [0, 0.05) is 11.4 Å². The highest BCUT2D eigenvalue weighted by atomic mass is 35.5. The second kappa shape index (κ2) is 6.82. The lowest BCUT2D eigenvalue weighted by molar-refractivity contribution is 0.280. The number of alkyl halides is 1. The molecule has 0 spiro atoms. The molecule has 0 atom stereocenters. The minimum Gasteiger partial charge on any atom is -0.493 e. The summed E-state index contributed by atoms with van der Waals surface area (Å²) in [5, 5.41) is 0.385. The van der Waals surface area contributed by atoms with E-state index in [0.29, 0.717) is 28.0 Å². The minimum absolute atomic E-state index is 0.0724. The first-order valence-electron chi connectivity index (χ1n) is 5.94. The summed E-state index contributed by atoms with van der Waals surface area (Å²) in [6.07, 6.45) is 0. The quantitative estimate of drug-likeness (QED) is 0.738. The Morgan fingerprint density at radius 1 is 1.20 bits per heavy atom. The maximum atomic E-state index is 13.5. The van der Waals surface area contributed by atoms with Gasteiger partial charge in [-0.3, -0.25) is 0 Å². The predicted molar refractivity (Wildman–Crippen MR) is 78.3 cm³/mol. The molecule has 0 unspecified atom stereocenters. The molecule has 0 heterocycles. The van der Waals surface area contributed by atoms with Crippen LogP contribution in [0.2, 0.25) is 5.02 Å². The van der Waals surface area contributed by atoms with E-state index in [4.69, 9.17) is 32.7 Å². The minimum atomic E-state index is -0.319. The van der Waals surface area contributed by atoms with Crippen molar-refractivity contribution in [2.45, 2.75) is 12.5 Å². The molecule has 106 valence electrons. The van der Waals surface area contributed by atoms with Gasteiger partial charge in [0.05, 0.1) is 12.1 Å². The number of hydrogen-bond acceptors (Lipinski definition) is 2. The summed E-state index contributed by atoms with van der Waals surface area (Å²) >= 11 is 11.9. The van der Waals surface area contributed by atoms with E-state index in [9.17, 15) is 4.39 Å². The van der Waals surface area contributed by atoms with Gasteiger partial charge in [-0.15, -0.1) is 11.6 Å². The van der Waals surface area contributed by atoms with Crippen LogP contribution in [0.1, 0.15) is 11.1 Å². The topological polar surface area (TPSA) is 18.5 Å². The fourth-order valence-corrected chi connectivity index (χ4v) is 2.20. The number of hydrogen-bond donors (Lipinski definition) is 0.